The lowest BCUT2D eigenvalue weighted by Crippen LogP contribution is -2.49. The molecule has 2 aliphatic rings. The molecule has 0 unspecified atom stereocenters. The van der Waals surface area contributed by atoms with Crippen LogP contribution < -0.4 is 20.1 Å². The van der Waals surface area contributed by atoms with E-state index in [0.717, 1.165) is 24.3 Å². The minimum atomic E-state index is -0.243. The Kier molecular flexibility index (Phi) is 5.50. The van der Waals surface area contributed by atoms with Gasteiger partial charge >= 0.3 is 6.03 Å². The maximum absolute atomic E-state index is 13.0. The van der Waals surface area contributed by atoms with Gasteiger partial charge in [-0.1, -0.05) is 12.1 Å². The fourth-order valence-electron chi connectivity index (χ4n) is 3.49. The van der Waals surface area contributed by atoms with Gasteiger partial charge in [-0.2, -0.15) is 0 Å². The fraction of sp³-hybridized carbons (Fsp3) is 0.381. The number of piperidine rings is 1. The predicted octanol–water partition coefficient (Wildman–Crippen LogP) is 3.25. The number of nitrogens with one attached hydrogen (secondary N) is 2. The van der Waals surface area contributed by atoms with Crippen LogP contribution in [0.5, 0.6) is 11.5 Å². The number of urea groups is 1. The maximum Gasteiger partial charge on any atom is 0.317 e. The normalized spacial score (nSPS) is 19.2. The van der Waals surface area contributed by atoms with E-state index in [1.54, 1.807) is 12.1 Å². The van der Waals surface area contributed by atoms with Gasteiger partial charge in [0, 0.05) is 24.8 Å². The van der Waals surface area contributed by atoms with Gasteiger partial charge in [-0.05, 0) is 49.2 Å². The van der Waals surface area contributed by atoms with Crippen molar-refractivity contribution in [1.29, 1.82) is 0 Å². The number of halogens is 1. The third kappa shape index (κ3) is 4.47. The Hall–Kier alpha value is -2.96. The van der Waals surface area contributed by atoms with E-state index in [4.69, 9.17) is 9.47 Å². The lowest BCUT2D eigenvalue weighted by molar-refractivity contribution is 0.0896. The minimum Gasteiger partial charge on any atom is -0.486 e. The second-order valence-corrected chi connectivity index (χ2v) is 7.10. The summed E-state index contributed by atoms with van der Waals surface area (Å²) >= 11 is 0. The van der Waals surface area contributed by atoms with Crippen LogP contribution in [0.3, 0.4) is 0 Å². The largest absolute Gasteiger partial charge is 0.486 e. The number of carbonyl (C=O) groups excluding carboxylic acids is 1. The first-order chi connectivity index (χ1) is 13.7. The van der Waals surface area contributed by atoms with Crippen molar-refractivity contribution in [3.63, 3.8) is 0 Å². The van der Waals surface area contributed by atoms with Crippen molar-refractivity contribution in [2.45, 2.75) is 25.0 Å². The third-order valence-corrected chi connectivity index (χ3v) is 5.05. The molecule has 0 bridgehead atoms. The molecule has 0 saturated carbocycles. The van der Waals surface area contributed by atoms with Gasteiger partial charge in [0.25, 0.3) is 0 Å². The van der Waals surface area contributed by atoms with E-state index >= 15 is 0 Å². The summed E-state index contributed by atoms with van der Waals surface area (Å²) in [6, 6.07) is 14.1. The van der Waals surface area contributed by atoms with Crippen molar-refractivity contribution in [3.05, 3.63) is 54.3 Å². The molecule has 28 heavy (non-hydrogen) atoms. The number of nitrogens with zero attached hydrogens (tertiary/aromatic N) is 1. The maximum atomic E-state index is 13.0. The number of rotatable bonds is 4. The summed E-state index contributed by atoms with van der Waals surface area (Å²) in [6.07, 6.45) is 1.50. The highest BCUT2D eigenvalue weighted by Gasteiger charge is 2.25. The van der Waals surface area contributed by atoms with Crippen molar-refractivity contribution in [2.75, 3.05) is 31.6 Å². The van der Waals surface area contributed by atoms with Gasteiger partial charge in [-0.15, -0.1) is 0 Å². The SMILES string of the molecule is O=C(NC[C@@H]1COc2ccccc2O1)N1CCC(Nc2ccc(F)cc2)CC1. The molecule has 6 nitrogen and oxygen atoms in total. The molecule has 7 heteroatoms. The van der Waals surface area contributed by atoms with Gasteiger partial charge in [0.05, 0.1) is 6.54 Å². The second-order valence-electron chi connectivity index (χ2n) is 7.10. The van der Waals surface area contributed by atoms with Gasteiger partial charge in [0.2, 0.25) is 0 Å². The summed E-state index contributed by atoms with van der Waals surface area (Å²) in [6.45, 7) is 2.17. The summed E-state index contributed by atoms with van der Waals surface area (Å²) < 4.78 is 24.5. The number of benzene rings is 2. The van der Waals surface area contributed by atoms with Crippen molar-refractivity contribution in [1.82, 2.24) is 10.2 Å². The number of amides is 2. The summed E-state index contributed by atoms with van der Waals surface area (Å²) in [5.41, 5.74) is 0.902. The zero-order chi connectivity index (χ0) is 19.3. The molecule has 1 fully saturated rings. The van der Waals surface area contributed by atoms with E-state index in [1.165, 1.54) is 12.1 Å². The molecule has 0 spiro atoms. The van der Waals surface area contributed by atoms with Gasteiger partial charge in [0.1, 0.15) is 12.4 Å². The van der Waals surface area contributed by atoms with Gasteiger partial charge in [-0.3, -0.25) is 0 Å². The number of anilines is 1. The van der Waals surface area contributed by atoms with Crippen LogP contribution in [0.25, 0.3) is 0 Å². The lowest BCUT2D eigenvalue weighted by atomic mass is 10.0. The molecule has 0 aliphatic carbocycles. The summed E-state index contributed by atoms with van der Waals surface area (Å²) in [4.78, 5) is 14.3. The standard InChI is InChI=1S/C21H24FN3O3/c22-15-5-7-16(8-6-15)24-17-9-11-25(12-10-17)21(26)23-13-18-14-27-19-3-1-2-4-20(19)28-18/h1-8,17-18,24H,9-14H2,(H,23,26)/t18-/m1/s1. The van der Waals surface area contributed by atoms with E-state index in [9.17, 15) is 9.18 Å². The first-order valence-electron chi connectivity index (χ1n) is 9.61. The first kappa shape index (κ1) is 18.4. The van der Waals surface area contributed by atoms with Crippen LogP contribution in [0.1, 0.15) is 12.8 Å². The average Bonchev–Trinajstić information content (AvgIpc) is 2.74. The number of para-hydroxylation sites is 2. The Morgan fingerprint density at radius 1 is 1.07 bits per heavy atom. The fourth-order valence-corrected chi connectivity index (χ4v) is 3.49. The summed E-state index contributed by atoms with van der Waals surface area (Å²) in [5, 5.41) is 6.34. The third-order valence-electron chi connectivity index (χ3n) is 5.05. The number of likely N-dealkylation sites (tertiary alicyclic amines) is 1. The van der Waals surface area contributed by atoms with Crippen LogP contribution in [0.2, 0.25) is 0 Å². The van der Waals surface area contributed by atoms with E-state index in [-0.39, 0.29) is 24.0 Å². The number of carbonyl (C=O) groups is 1. The van der Waals surface area contributed by atoms with Crippen LogP contribution in [0, 0.1) is 5.82 Å². The summed E-state index contributed by atoms with van der Waals surface area (Å²) in [5.74, 6) is 1.20. The Morgan fingerprint density at radius 3 is 2.54 bits per heavy atom. The molecule has 2 amide bonds. The van der Waals surface area contributed by atoms with E-state index in [2.05, 4.69) is 10.6 Å². The number of hydrogen-bond acceptors (Lipinski definition) is 4. The second kappa shape index (κ2) is 8.37. The molecule has 0 aromatic heterocycles. The monoisotopic (exact) mass is 385 g/mol. The Labute approximate surface area is 163 Å². The zero-order valence-electron chi connectivity index (χ0n) is 15.6. The molecule has 2 N–H and O–H groups in total. The van der Waals surface area contributed by atoms with Crippen LogP contribution >= 0.6 is 0 Å². The molecule has 4 rings (SSSR count). The zero-order valence-corrected chi connectivity index (χ0v) is 15.6. The molecular weight excluding hydrogens is 361 g/mol. The summed E-state index contributed by atoms with van der Waals surface area (Å²) in [7, 11) is 0. The number of fused-ring (bicyclic) bond motifs is 1. The van der Waals surface area contributed by atoms with Gasteiger partial charge < -0.3 is 25.0 Å². The highest BCUT2D eigenvalue weighted by atomic mass is 19.1. The number of ether oxygens (including phenoxy) is 2. The Balaban J connectivity index is 1.20. The predicted molar refractivity (Wildman–Crippen MR) is 104 cm³/mol. The Bertz CT molecular complexity index is 807. The highest BCUT2D eigenvalue weighted by Crippen LogP contribution is 2.30. The van der Waals surface area contributed by atoms with E-state index in [0.29, 0.717) is 32.0 Å². The van der Waals surface area contributed by atoms with Crippen LogP contribution in [0.4, 0.5) is 14.9 Å². The topological polar surface area (TPSA) is 62.8 Å². The van der Waals surface area contributed by atoms with Crippen LogP contribution in [0.15, 0.2) is 48.5 Å². The molecule has 1 atom stereocenters. The average molecular weight is 385 g/mol. The molecule has 2 heterocycles. The van der Waals surface area contributed by atoms with Gasteiger partial charge in [-0.25, -0.2) is 9.18 Å². The molecule has 2 aromatic carbocycles. The van der Waals surface area contributed by atoms with Crippen LogP contribution in [-0.4, -0.2) is 49.3 Å². The molecule has 0 radical (unpaired) electrons. The van der Waals surface area contributed by atoms with E-state index in [1.807, 2.05) is 29.2 Å². The smallest absolute Gasteiger partial charge is 0.317 e. The van der Waals surface area contributed by atoms with Crippen molar-refractivity contribution >= 4 is 11.7 Å². The molecule has 2 aromatic rings. The first-order valence-corrected chi connectivity index (χ1v) is 9.61. The van der Waals surface area contributed by atoms with E-state index < -0.39 is 0 Å². The highest BCUT2D eigenvalue weighted by molar-refractivity contribution is 5.74. The van der Waals surface area contributed by atoms with Crippen molar-refractivity contribution < 1.29 is 18.7 Å². The minimum absolute atomic E-state index is 0.0808. The van der Waals surface area contributed by atoms with Crippen molar-refractivity contribution in [3.8, 4) is 11.5 Å². The molecule has 1 saturated heterocycles. The van der Waals surface area contributed by atoms with Crippen molar-refractivity contribution in [2.24, 2.45) is 0 Å². The quantitative estimate of drug-likeness (QED) is 0.848. The molecule has 2 aliphatic heterocycles. The lowest BCUT2D eigenvalue weighted by Gasteiger charge is -2.33. The van der Waals surface area contributed by atoms with Gasteiger partial charge in [0.15, 0.2) is 17.6 Å². The number of hydrogen-bond donors (Lipinski definition) is 2. The Morgan fingerprint density at radius 2 is 1.79 bits per heavy atom. The molecular formula is C21H24FN3O3. The van der Waals surface area contributed by atoms with Crippen LogP contribution in [-0.2, 0) is 0 Å². The molecule has 148 valence electrons.